The molecule has 6 heteroatoms. The van der Waals surface area contributed by atoms with Crippen molar-refractivity contribution in [2.45, 2.75) is 51.7 Å². The first-order valence-corrected chi connectivity index (χ1v) is 10.8. The Hall–Kier alpha value is -1.34. The second-order valence-corrected chi connectivity index (χ2v) is 7.85. The Labute approximate surface area is 170 Å². The largest absolute Gasteiger partial charge is 0.494 e. The third kappa shape index (κ3) is 10.3. The van der Waals surface area contributed by atoms with E-state index in [2.05, 4.69) is 29.4 Å². The van der Waals surface area contributed by atoms with E-state index >= 15 is 0 Å². The lowest BCUT2D eigenvalue weighted by atomic mass is 10.2. The Kier molecular flexibility index (Phi) is 11.3. The SMILES string of the molecule is CC(C)NCC(O)COc1ccc(OCCCCCCN2CCNCC2)cc1. The smallest absolute Gasteiger partial charge is 0.119 e. The maximum absolute atomic E-state index is 9.88. The van der Waals surface area contributed by atoms with Gasteiger partial charge in [0.1, 0.15) is 24.2 Å². The predicted molar refractivity (Wildman–Crippen MR) is 114 cm³/mol. The quantitative estimate of drug-likeness (QED) is 0.422. The lowest BCUT2D eigenvalue weighted by molar-refractivity contribution is 0.104. The minimum Gasteiger partial charge on any atom is -0.494 e. The second kappa shape index (κ2) is 13.8. The monoisotopic (exact) mass is 393 g/mol. The van der Waals surface area contributed by atoms with Crippen LogP contribution < -0.4 is 20.1 Å². The molecule has 28 heavy (non-hydrogen) atoms. The molecule has 0 aliphatic carbocycles. The van der Waals surface area contributed by atoms with E-state index in [0.29, 0.717) is 12.6 Å². The molecule has 0 saturated carbocycles. The number of hydrogen-bond donors (Lipinski definition) is 3. The summed E-state index contributed by atoms with van der Waals surface area (Å²) < 4.78 is 11.4. The molecule has 1 aromatic rings. The number of unbranched alkanes of at least 4 members (excludes halogenated alkanes) is 3. The fourth-order valence-corrected chi connectivity index (χ4v) is 3.17. The highest BCUT2D eigenvalue weighted by Gasteiger charge is 2.08. The first kappa shape index (κ1) is 22.9. The Balaban J connectivity index is 1.49. The lowest BCUT2D eigenvalue weighted by Gasteiger charge is -2.27. The summed E-state index contributed by atoms with van der Waals surface area (Å²) in [6.07, 6.45) is 4.35. The predicted octanol–water partition coefficient (Wildman–Crippen LogP) is 2.27. The molecular formula is C22H39N3O3. The molecule has 1 heterocycles. The molecular weight excluding hydrogens is 354 g/mol. The first-order valence-electron chi connectivity index (χ1n) is 10.8. The molecule has 1 aliphatic heterocycles. The van der Waals surface area contributed by atoms with Crippen molar-refractivity contribution in [3.63, 3.8) is 0 Å². The zero-order valence-corrected chi connectivity index (χ0v) is 17.7. The van der Waals surface area contributed by atoms with Crippen molar-refractivity contribution in [3.8, 4) is 11.5 Å². The van der Waals surface area contributed by atoms with E-state index in [1.807, 2.05) is 24.3 Å². The topological polar surface area (TPSA) is 66.0 Å². The van der Waals surface area contributed by atoms with E-state index < -0.39 is 6.10 Å². The number of piperazine rings is 1. The Morgan fingerprint density at radius 3 is 2.32 bits per heavy atom. The van der Waals surface area contributed by atoms with E-state index in [1.165, 1.54) is 38.9 Å². The molecule has 160 valence electrons. The first-order chi connectivity index (χ1) is 13.6. The number of rotatable bonds is 14. The van der Waals surface area contributed by atoms with Crippen LogP contribution in [0.1, 0.15) is 39.5 Å². The van der Waals surface area contributed by atoms with Crippen LogP contribution in [0.4, 0.5) is 0 Å². The number of aliphatic hydroxyl groups is 1. The van der Waals surface area contributed by atoms with Crippen LogP contribution in [0.2, 0.25) is 0 Å². The molecule has 1 fully saturated rings. The standard InChI is InChI=1S/C22H39N3O3/c1-19(2)24-17-20(26)18-28-22-9-7-21(8-10-22)27-16-6-4-3-5-13-25-14-11-23-12-15-25/h7-10,19-20,23-24,26H,3-6,11-18H2,1-2H3. The van der Waals surface area contributed by atoms with Gasteiger partial charge < -0.3 is 30.1 Å². The summed E-state index contributed by atoms with van der Waals surface area (Å²) in [5, 5.41) is 16.5. The number of ether oxygens (including phenoxy) is 2. The van der Waals surface area contributed by atoms with E-state index in [9.17, 15) is 5.11 Å². The second-order valence-electron chi connectivity index (χ2n) is 7.85. The van der Waals surface area contributed by atoms with Crippen molar-refractivity contribution >= 4 is 0 Å². The number of benzene rings is 1. The van der Waals surface area contributed by atoms with Gasteiger partial charge in [0.25, 0.3) is 0 Å². The van der Waals surface area contributed by atoms with Crippen molar-refractivity contribution in [2.24, 2.45) is 0 Å². The Bertz CT molecular complexity index is 504. The highest BCUT2D eigenvalue weighted by Crippen LogP contribution is 2.18. The minimum atomic E-state index is -0.509. The fourth-order valence-electron chi connectivity index (χ4n) is 3.17. The molecule has 1 aliphatic rings. The number of nitrogens with zero attached hydrogens (tertiary/aromatic N) is 1. The Morgan fingerprint density at radius 1 is 1.00 bits per heavy atom. The van der Waals surface area contributed by atoms with Crippen LogP contribution in [0.15, 0.2) is 24.3 Å². The molecule has 0 aromatic heterocycles. The van der Waals surface area contributed by atoms with Gasteiger partial charge in [-0.25, -0.2) is 0 Å². The maximum atomic E-state index is 9.88. The molecule has 1 aromatic carbocycles. The molecule has 1 saturated heterocycles. The van der Waals surface area contributed by atoms with Gasteiger partial charge in [-0.3, -0.25) is 0 Å². The van der Waals surface area contributed by atoms with Crippen LogP contribution >= 0.6 is 0 Å². The van der Waals surface area contributed by atoms with Gasteiger partial charge in [0.2, 0.25) is 0 Å². The van der Waals surface area contributed by atoms with Gasteiger partial charge in [-0.2, -0.15) is 0 Å². The lowest BCUT2D eigenvalue weighted by Crippen LogP contribution is -2.43. The number of nitrogens with one attached hydrogen (secondary N) is 2. The van der Waals surface area contributed by atoms with Crippen LogP contribution in [0.25, 0.3) is 0 Å². The zero-order valence-electron chi connectivity index (χ0n) is 17.7. The molecule has 1 unspecified atom stereocenters. The highest BCUT2D eigenvalue weighted by atomic mass is 16.5. The van der Waals surface area contributed by atoms with Gasteiger partial charge in [-0.05, 0) is 43.7 Å². The summed E-state index contributed by atoms with van der Waals surface area (Å²) in [4.78, 5) is 2.55. The van der Waals surface area contributed by atoms with Crippen LogP contribution in [0.5, 0.6) is 11.5 Å². The zero-order chi connectivity index (χ0) is 20.0. The van der Waals surface area contributed by atoms with Gasteiger partial charge in [0.05, 0.1) is 6.61 Å². The van der Waals surface area contributed by atoms with E-state index in [1.54, 1.807) is 0 Å². The summed E-state index contributed by atoms with van der Waals surface area (Å²) in [7, 11) is 0. The number of aliphatic hydroxyl groups excluding tert-OH is 1. The van der Waals surface area contributed by atoms with Crippen LogP contribution in [0, 0.1) is 0 Å². The summed E-state index contributed by atoms with van der Waals surface area (Å²) in [6.45, 7) is 11.6. The molecule has 0 bridgehead atoms. The van der Waals surface area contributed by atoms with E-state index in [-0.39, 0.29) is 6.61 Å². The molecule has 0 amide bonds. The van der Waals surface area contributed by atoms with Crippen molar-refractivity contribution in [3.05, 3.63) is 24.3 Å². The van der Waals surface area contributed by atoms with Gasteiger partial charge in [-0.1, -0.05) is 26.7 Å². The van der Waals surface area contributed by atoms with E-state index in [4.69, 9.17) is 9.47 Å². The number of hydrogen-bond acceptors (Lipinski definition) is 6. The van der Waals surface area contributed by atoms with Crippen molar-refractivity contribution < 1.29 is 14.6 Å². The summed E-state index contributed by atoms with van der Waals surface area (Å²) >= 11 is 0. The van der Waals surface area contributed by atoms with Crippen molar-refractivity contribution in [1.82, 2.24) is 15.5 Å². The summed E-state index contributed by atoms with van der Waals surface area (Å²) in [5.74, 6) is 1.62. The van der Waals surface area contributed by atoms with Crippen LogP contribution in [0.3, 0.4) is 0 Å². The van der Waals surface area contributed by atoms with Gasteiger partial charge in [-0.15, -0.1) is 0 Å². The van der Waals surface area contributed by atoms with Crippen molar-refractivity contribution in [2.75, 3.05) is 52.5 Å². The maximum Gasteiger partial charge on any atom is 0.119 e. The molecule has 3 N–H and O–H groups in total. The summed E-state index contributed by atoms with van der Waals surface area (Å²) in [5.41, 5.74) is 0. The summed E-state index contributed by atoms with van der Waals surface area (Å²) in [6, 6.07) is 8.01. The normalized spacial score (nSPS) is 16.3. The molecule has 2 rings (SSSR count). The van der Waals surface area contributed by atoms with Crippen molar-refractivity contribution in [1.29, 1.82) is 0 Å². The third-order valence-corrected chi connectivity index (χ3v) is 4.87. The van der Waals surface area contributed by atoms with Crippen LogP contribution in [-0.2, 0) is 0 Å². The van der Waals surface area contributed by atoms with Gasteiger partial charge in [0, 0.05) is 38.8 Å². The van der Waals surface area contributed by atoms with Gasteiger partial charge >= 0.3 is 0 Å². The Morgan fingerprint density at radius 2 is 1.64 bits per heavy atom. The van der Waals surface area contributed by atoms with Gasteiger partial charge in [0.15, 0.2) is 0 Å². The fraction of sp³-hybridized carbons (Fsp3) is 0.727. The average molecular weight is 394 g/mol. The molecule has 0 spiro atoms. The highest BCUT2D eigenvalue weighted by molar-refractivity contribution is 5.31. The van der Waals surface area contributed by atoms with Crippen LogP contribution in [-0.4, -0.2) is 74.6 Å². The average Bonchev–Trinajstić information content (AvgIpc) is 2.71. The third-order valence-electron chi connectivity index (χ3n) is 4.87. The molecule has 1 atom stereocenters. The molecule has 0 radical (unpaired) electrons. The van der Waals surface area contributed by atoms with E-state index in [0.717, 1.165) is 37.6 Å². The molecule has 6 nitrogen and oxygen atoms in total. The minimum absolute atomic E-state index is 0.286.